The molecule has 0 spiro atoms. The van der Waals surface area contributed by atoms with Gasteiger partial charge in [0.2, 0.25) is 5.91 Å². The van der Waals surface area contributed by atoms with E-state index in [1.54, 1.807) is 0 Å². The molecule has 0 unspecified atom stereocenters. The van der Waals surface area contributed by atoms with E-state index in [-0.39, 0.29) is 17.8 Å². The normalized spacial score (nSPS) is 12.6. The lowest BCUT2D eigenvalue weighted by Crippen LogP contribution is -2.30. The molecule has 0 aliphatic carbocycles. The smallest absolute Gasteiger partial charge is 0.232 e. The highest BCUT2D eigenvalue weighted by atomic mass is 32.2. The summed E-state index contributed by atoms with van der Waals surface area (Å²) in [6.07, 6.45) is 0.980. The van der Waals surface area contributed by atoms with Gasteiger partial charge in [0, 0.05) is 29.7 Å². The van der Waals surface area contributed by atoms with Crippen LogP contribution in [0.4, 0.5) is 0 Å². The summed E-state index contributed by atoms with van der Waals surface area (Å²) >= 11 is 0. The number of amides is 1. The second-order valence-corrected chi connectivity index (χ2v) is 7.70. The number of carbonyl (C=O) groups excluding carboxylic acids is 1. The van der Waals surface area contributed by atoms with Crippen molar-refractivity contribution in [1.29, 1.82) is 0 Å². The van der Waals surface area contributed by atoms with Crippen molar-refractivity contribution in [3.05, 3.63) is 35.4 Å². The predicted molar refractivity (Wildman–Crippen MR) is 96.0 cm³/mol. The van der Waals surface area contributed by atoms with Crippen molar-refractivity contribution in [1.82, 2.24) is 5.32 Å². The van der Waals surface area contributed by atoms with Crippen LogP contribution in [0.2, 0.25) is 0 Å². The van der Waals surface area contributed by atoms with Gasteiger partial charge in [-0.2, -0.15) is 0 Å². The van der Waals surface area contributed by atoms with Crippen LogP contribution in [0, 0.1) is 0 Å². The van der Waals surface area contributed by atoms with E-state index >= 15 is 0 Å². The summed E-state index contributed by atoms with van der Waals surface area (Å²) in [5, 5.41) is 2.79. The maximum Gasteiger partial charge on any atom is 0.232 e. The van der Waals surface area contributed by atoms with Crippen molar-refractivity contribution in [3.63, 3.8) is 0 Å². The zero-order chi connectivity index (χ0) is 17.2. The van der Waals surface area contributed by atoms with Gasteiger partial charge >= 0.3 is 0 Å². The third-order valence-corrected chi connectivity index (χ3v) is 4.60. The predicted octanol–water partition coefficient (Wildman–Crippen LogP) is 2.99. The van der Waals surface area contributed by atoms with Crippen LogP contribution in [0.1, 0.15) is 51.2 Å². The highest BCUT2D eigenvalue weighted by Gasteiger charge is 2.09. The van der Waals surface area contributed by atoms with Gasteiger partial charge in [-0.25, -0.2) is 0 Å². The largest absolute Gasteiger partial charge is 0.379 e. The molecule has 1 aromatic carbocycles. The molecule has 0 bridgehead atoms. The van der Waals surface area contributed by atoms with E-state index < -0.39 is 10.8 Å². The lowest BCUT2D eigenvalue weighted by molar-refractivity contribution is -0.118. The second-order valence-electron chi connectivity index (χ2n) is 6.25. The molecule has 0 fully saturated rings. The molecule has 1 atom stereocenters. The van der Waals surface area contributed by atoms with Gasteiger partial charge in [-0.1, -0.05) is 38.1 Å². The Morgan fingerprint density at radius 3 is 2.39 bits per heavy atom. The van der Waals surface area contributed by atoms with Crippen molar-refractivity contribution in [2.45, 2.75) is 51.9 Å². The van der Waals surface area contributed by atoms with Crippen molar-refractivity contribution >= 4 is 16.7 Å². The monoisotopic (exact) mass is 339 g/mol. The van der Waals surface area contributed by atoms with Gasteiger partial charge in [-0.15, -0.1) is 0 Å². The van der Waals surface area contributed by atoms with Crippen LogP contribution in [0.25, 0.3) is 0 Å². The van der Waals surface area contributed by atoms with Crippen LogP contribution in [-0.2, 0) is 26.1 Å². The third-order valence-electron chi connectivity index (χ3n) is 3.36. The summed E-state index contributed by atoms with van der Waals surface area (Å²) in [7, 11) is -1.18. The van der Waals surface area contributed by atoms with Gasteiger partial charge in [-0.3, -0.25) is 9.00 Å². The zero-order valence-corrected chi connectivity index (χ0v) is 15.4. The van der Waals surface area contributed by atoms with Gasteiger partial charge in [0.1, 0.15) is 5.75 Å². The first-order chi connectivity index (χ1) is 10.9. The topological polar surface area (TPSA) is 55.4 Å². The Labute approximate surface area is 142 Å². The van der Waals surface area contributed by atoms with Crippen LogP contribution >= 0.6 is 0 Å². The fraction of sp³-hybridized carbons (Fsp3) is 0.611. The molecule has 5 heteroatoms. The summed E-state index contributed by atoms with van der Waals surface area (Å²) in [6.45, 7) is 9.44. The summed E-state index contributed by atoms with van der Waals surface area (Å²) < 4.78 is 17.4. The fourth-order valence-corrected chi connectivity index (χ4v) is 3.11. The molecule has 0 aliphatic rings. The number of hydrogen-bond donors (Lipinski definition) is 1. The van der Waals surface area contributed by atoms with E-state index in [2.05, 4.69) is 31.3 Å². The van der Waals surface area contributed by atoms with Crippen LogP contribution in [-0.4, -0.2) is 35.1 Å². The highest BCUT2D eigenvalue weighted by Crippen LogP contribution is 2.15. The van der Waals surface area contributed by atoms with Crippen molar-refractivity contribution in [2.75, 3.05) is 18.9 Å². The Hall–Kier alpha value is -1.20. The van der Waals surface area contributed by atoms with E-state index in [0.717, 1.165) is 12.0 Å². The molecule has 0 radical (unpaired) electrons. The average Bonchev–Trinajstić information content (AvgIpc) is 2.46. The summed E-state index contributed by atoms with van der Waals surface area (Å²) in [6, 6.07) is 8.11. The molecule has 4 nitrogen and oxygen atoms in total. The van der Waals surface area contributed by atoms with Gasteiger partial charge in [0.05, 0.1) is 6.10 Å². The van der Waals surface area contributed by atoms with E-state index in [4.69, 9.17) is 4.74 Å². The summed E-state index contributed by atoms with van der Waals surface area (Å²) in [4.78, 5) is 11.7. The summed E-state index contributed by atoms with van der Waals surface area (Å²) in [5.74, 6) is 0.797. The quantitative estimate of drug-likeness (QED) is 0.667. The molecule has 1 amide bonds. The number of benzene rings is 1. The minimum atomic E-state index is -1.18. The van der Waals surface area contributed by atoms with Crippen LogP contribution in [0.5, 0.6) is 0 Å². The SMILES string of the molecule is CC(C)OCCCNC(=O)C[S@@](=O)Cc1ccc(C(C)C)cc1. The Morgan fingerprint density at radius 1 is 1.17 bits per heavy atom. The lowest BCUT2D eigenvalue weighted by Gasteiger charge is -2.09. The first-order valence-electron chi connectivity index (χ1n) is 8.20. The number of hydrogen-bond acceptors (Lipinski definition) is 3. The van der Waals surface area contributed by atoms with E-state index in [9.17, 15) is 9.00 Å². The Morgan fingerprint density at radius 2 is 1.83 bits per heavy atom. The van der Waals surface area contributed by atoms with Crippen molar-refractivity contribution in [2.24, 2.45) is 0 Å². The molecule has 1 rings (SSSR count). The standard InChI is InChI=1S/C18H29NO3S/c1-14(2)17-8-6-16(7-9-17)12-23(21)13-18(20)19-10-5-11-22-15(3)4/h6-9,14-15H,5,10-13H2,1-4H3,(H,19,20)/t23-/m0/s1. The summed E-state index contributed by atoms with van der Waals surface area (Å²) in [5.41, 5.74) is 2.27. The zero-order valence-electron chi connectivity index (χ0n) is 14.6. The van der Waals surface area contributed by atoms with Gasteiger partial charge in [0.25, 0.3) is 0 Å². The van der Waals surface area contributed by atoms with E-state index in [1.807, 2.05) is 26.0 Å². The molecule has 1 aromatic rings. The van der Waals surface area contributed by atoms with Crippen LogP contribution in [0.3, 0.4) is 0 Å². The van der Waals surface area contributed by atoms with Crippen LogP contribution in [0.15, 0.2) is 24.3 Å². The molecule has 1 N–H and O–H groups in total. The molecule has 0 aliphatic heterocycles. The number of carbonyl (C=O) groups is 1. The van der Waals surface area contributed by atoms with Crippen LogP contribution < -0.4 is 5.32 Å². The number of ether oxygens (including phenoxy) is 1. The maximum atomic E-state index is 12.0. The average molecular weight is 340 g/mol. The maximum absolute atomic E-state index is 12.0. The van der Waals surface area contributed by atoms with Gasteiger partial charge in [-0.05, 0) is 37.3 Å². The van der Waals surface area contributed by atoms with Crippen molar-refractivity contribution in [3.8, 4) is 0 Å². The van der Waals surface area contributed by atoms with Gasteiger partial charge in [0.15, 0.2) is 0 Å². The molecule has 23 heavy (non-hydrogen) atoms. The Kier molecular flexibility index (Phi) is 9.10. The Balaban J connectivity index is 2.26. The first kappa shape index (κ1) is 19.8. The number of nitrogens with one attached hydrogen (secondary N) is 1. The third kappa shape index (κ3) is 8.86. The Bertz CT molecular complexity index is 497. The molecular formula is C18H29NO3S. The minimum Gasteiger partial charge on any atom is -0.379 e. The lowest BCUT2D eigenvalue weighted by atomic mass is 10.0. The number of rotatable bonds is 10. The fourth-order valence-electron chi connectivity index (χ4n) is 2.05. The minimum absolute atomic E-state index is 0.0525. The molecule has 130 valence electrons. The van der Waals surface area contributed by atoms with Gasteiger partial charge < -0.3 is 10.1 Å². The van der Waals surface area contributed by atoms with Crippen molar-refractivity contribution < 1.29 is 13.7 Å². The molecular weight excluding hydrogens is 310 g/mol. The van der Waals surface area contributed by atoms with E-state index in [0.29, 0.717) is 24.8 Å². The molecule has 0 saturated carbocycles. The molecule has 0 saturated heterocycles. The highest BCUT2D eigenvalue weighted by molar-refractivity contribution is 7.84. The molecule has 0 heterocycles. The molecule has 0 aromatic heterocycles. The second kappa shape index (κ2) is 10.6. The van der Waals surface area contributed by atoms with E-state index in [1.165, 1.54) is 5.56 Å². The first-order valence-corrected chi connectivity index (χ1v) is 9.69.